The molecule has 2 unspecified atom stereocenters. The molecule has 0 bridgehead atoms. The van der Waals surface area contributed by atoms with E-state index in [1.54, 1.807) is 24.3 Å². The SMILES string of the molecule is O=C(Nc1cccc(Cl)c1)C1CC(c2ccccc2Cl)NN1. The van der Waals surface area contributed by atoms with Crippen LogP contribution in [0.25, 0.3) is 0 Å². The van der Waals surface area contributed by atoms with Gasteiger partial charge in [0.15, 0.2) is 0 Å². The van der Waals surface area contributed by atoms with E-state index < -0.39 is 0 Å². The van der Waals surface area contributed by atoms with Crippen LogP contribution in [0, 0.1) is 0 Å². The quantitative estimate of drug-likeness (QED) is 0.804. The van der Waals surface area contributed by atoms with E-state index in [0.717, 1.165) is 5.56 Å². The molecule has 114 valence electrons. The van der Waals surface area contributed by atoms with Gasteiger partial charge in [0.25, 0.3) is 0 Å². The molecule has 0 spiro atoms. The molecule has 0 radical (unpaired) electrons. The van der Waals surface area contributed by atoms with E-state index in [1.807, 2.05) is 24.3 Å². The van der Waals surface area contributed by atoms with Crippen LogP contribution in [-0.4, -0.2) is 11.9 Å². The van der Waals surface area contributed by atoms with Gasteiger partial charge < -0.3 is 5.32 Å². The number of halogens is 2. The van der Waals surface area contributed by atoms with Crippen LogP contribution in [0.4, 0.5) is 5.69 Å². The van der Waals surface area contributed by atoms with Crippen LogP contribution in [-0.2, 0) is 4.79 Å². The first-order chi connectivity index (χ1) is 10.6. The highest BCUT2D eigenvalue weighted by atomic mass is 35.5. The first-order valence-corrected chi connectivity index (χ1v) is 7.71. The summed E-state index contributed by atoms with van der Waals surface area (Å²) in [5.41, 5.74) is 7.80. The van der Waals surface area contributed by atoms with E-state index >= 15 is 0 Å². The molecule has 1 heterocycles. The zero-order valence-electron chi connectivity index (χ0n) is 11.6. The molecule has 1 aliphatic heterocycles. The minimum Gasteiger partial charge on any atom is -0.325 e. The molecule has 0 aromatic heterocycles. The van der Waals surface area contributed by atoms with Crippen LogP contribution in [0.2, 0.25) is 10.0 Å². The van der Waals surface area contributed by atoms with Crippen molar-refractivity contribution in [3.05, 3.63) is 64.1 Å². The molecule has 2 aromatic rings. The van der Waals surface area contributed by atoms with E-state index in [4.69, 9.17) is 23.2 Å². The van der Waals surface area contributed by atoms with Crippen molar-refractivity contribution >= 4 is 34.8 Å². The highest BCUT2D eigenvalue weighted by Crippen LogP contribution is 2.28. The van der Waals surface area contributed by atoms with Gasteiger partial charge in [-0.05, 0) is 36.2 Å². The highest BCUT2D eigenvalue weighted by molar-refractivity contribution is 6.31. The fraction of sp³-hybridized carbons (Fsp3) is 0.188. The van der Waals surface area contributed by atoms with Crippen LogP contribution >= 0.6 is 23.2 Å². The zero-order chi connectivity index (χ0) is 15.5. The number of rotatable bonds is 3. The van der Waals surface area contributed by atoms with Gasteiger partial charge in [0.05, 0.1) is 0 Å². The Labute approximate surface area is 138 Å². The van der Waals surface area contributed by atoms with E-state index in [0.29, 0.717) is 22.2 Å². The molecule has 1 aliphatic rings. The number of nitrogens with one attached hydrogen (secondary N) is 3. The summed E-state index contributed by atoms with van der Waals surface area (Å²) in [6, 6.07) is 14.4. The second kappa shape index (κ2) is 6.67. The zero-order valence-corrected chi connectivity index (χ0v) is 13.2. The molecule has 2 atom stereocenters. The summed E-state index contributed by atoms with van der Waals surface area (Å²) >= 11 is 12.1. The van der Waals surface area contributed by atoms with Crippen molar-refractivity contribution < 1.29 is 4.79 Å². The first kappa shape index (κ1) is 15.3. The standard InChI is InChI=1S/C16H15Cl2N3O/c17-10-4-3-5-11(8-10)19-16(22)15-9-14(20-21-15)12-6-1-2-7-13(12)18/h1-8,14-15,20-21H,9H2,(H,19,22). The Morgan fingerprint density at radius 2 is 1.91 bits per heavy atom. The third kappa shape index (κ3) is 3.42. The fourth-order valence-corrected chi connectivity index (χ4v) is 2.94. The maximum Gasteiger partial charge on any atom is 0.242 e. The minimum atomic E-state index is -0.333. The maximum absolute atomic E-state index is 12.3. The van der Waals surface area contributed by atoms with Gasteiger partial charge in [-0.3, -0.25) is 4.79 Å². The number of amides is 1. The largest absolute Gasteiger partial charge is 0.325 e. The van der Waals surface area contributed by atoms with Crippen LogP contribution in [0.15, 0.2) is 48.5 Å². The number of benzene rings is 2. The van der Waals surface area contributed by atoms with Crippen molar-refractivity contribution in [3.63, 3.8) is 0 Å². The molecule has 3 N–H and O–H groups in total. The lowest BCUT2D eigenvalue weighted by atomic mass is 10.0. The van der Waals surface area contributed by atoms with E-state index in [2.05, 4.69) is 16.2 Å². The number of carbonyl (C=O) groups is 1. The Morgan fingerprint density at radius 3 is 2.68 bits per heavy atom. The van der Waals surface area contributed by atoms with Crippen molar-refractivity contribution in [1.29, 1.82) is 0 Å². The second-order valence-electron chi connectivity index (χ2n) is 5.15. The van der Waals surface area contributed by atoms with Gasteiger partial charge in [0.2, 0.25) is 5.91 Å². The summed E-state index contributed by atoms with van der Waals surface area (Å²) < 4.78 is 0. The average molecular weight is 336 g/mol. The Balaban J connectivity index is 1.65. The molecule has 22 heavy (non-hydrogen) atoms. The number of hydrogen-bond donors (Lipinski definition) is 3. The molecular formula is C16H15Cl2N3O. The second-order valence-corrected chi connectivity index (χ2v) is 5.99. The van der Waals surface area contributed by atoms with Crippen LogP contribution < -0.4 is 16.2 Å². The summed E-state index contributed by atoms with van der Waals surface area (Å²) in [5, 5.41) is 4.13. The summed E-state index contributed by atoms with van der Waals surface area (Å²) in [4.78, 5) is 12.3. The van der Waals surface area contributed by atoms with Gasteiger partial charge in [-0.15, -0.1) is 0 Å². The van der Waals surface area contributed by atoms with Gasteiger partial charge in [-0.1, -0.05) is 47.5 Å². The summed E-state index contributed by atoms with van der Waals surface area (Å²) in [6.07, 6.45) is 0.621. The third-order valence-electron chi connectivity index (χ3n) is 3.59. The van der Waals surface area contributed by atoms with E-state index in [9.17, 15) is 4.79 Å². The third-order valence-corrected chi connectivity index (χ3v) is 4.17. The smallest absolute Gasteiger partial charge is 0.242 e. The predicted octanol–water partition coefficient (Wildman–Crippen LogP) is 3.54. The fourth-order valence-electron chi connectivity index (χ4n) is 2.49. The number of carbonyl (C=O) groups excluding carboxylic acids is 1. The van der Waals surface area contributed by atoms with Gasteiger partial charge in [0.1, 0.15) is 6.04 Å². The molecular weight excluding hydrogens is 321 g/mol. The van der Waals surface area contributed by atoms with Crippen molar-refractivity contribution in [2.24, 2.45) is 0 Å². The number of hydrazine groups is 1. The molecule has 1 amide bonds. The normalized spacial score (nSPS) is 20.8. The first-order valence-electron chi connectivity index (χ1n) is 6.95. The molecule has 4 nitrogen and oxygen atoms in total. The van der Waals surface area contributed by atoms with Crippen molar-refractivity contribution in [2.75, 3.05) is 5.32 Å². The molecule has 6 heteroatoms. The lowest BCUT2D eigenvalue weighted by Crippen LogP contribution is -2.39. The summed E-state index contributed by atoms with van der Waals surface area (Å²) in [5.74, 6) is -0.107. The van der Waals surface area contributed by atoms with Crippen molar-refractivity contribution in [3.8, 4) is 0 Å². The number of hydrogen-bond acceptors (Lipinski definition) is 3. The van der Waals surface area contributed by atoms with Crippen LogP contribution in [0.1, 0.15) is 18.0 Å². The minimum absolute atomic E-state index is 0.00353. The topological polar surface area (TPSA) is 53.2 Å². The maximum atomic E-state index is 12.3. The summed E-state index contributed by atoms with van der Waals surface area (Å²) in [6.45, 7) is 0. The molecule has 3 rings (SSSR count). The van der Waals surface area contributed by atoms with Gasteiger partial charge >= 0.3 is 0 Å². The molecule has 2 aromatic carbocycles. The predicted molar refractivity (Wildman–Crippen MR) is 89.0 cm³/mol. The lowest BCUT2D eigenvalue weighted by Gasteiger charge is -2.12. The monoisotopic (exact) mass is 335 g/mol. The molecule has 0 saturated carbocycles. The molecule has 1 saturated heterocycles. The van der Waals surface area contributed by atoms with E-state index in [1.165, 1.54) is 0 Å². The summed E-state index contributed by atoms with van der Waals surface area (Å²) in [7, 11) is 0. The van der Waals surface area contributed by atoms with Gasteiger partial charge in [-0.2, -0.15) is 0 Å². The van der Waals surface area contributed by atoms with Crippen LogP contribution in [0.5, 0.6) is 0 Å². The Kier molecular flexibility index (Phi) is 4.64. The van der Waals surface area contributed by atoms with Crippen LogP contribution in [0.3, 0.4) is 0 Å². The Hall–Kier alpha value is -1.59. The Morgan fingerprint density at radius 1 is 1.09 bits per heavy atom. The molecule has 0 aliphatic carbocycles. The van der Waals surface area contributed by atoms with E-state index in [-0.39, 0.29) is 18.0 Å². The number of anilines is 1. The van der Waals surface area contributed by atoms with Crippen molar-refractivity contribution in [2.45, 2.75) is 18.5 Å². The Bertz CT molecular complexity index is 693. The van der Waals surface area contributed by atoms with Gasteiger partial charge in [0, 0.05) is 21.8 Å². The average Bonchev–Trinajstić information content (AvgIpc) is 2.97. The van der Waals surface area contributed by atoms with Gasteiger partial charge in [-0.25, -0.2) is 10.9 Å². The lowest BCUT2D eigenvalue weighted by molar-refractivity contribution is -0.117. The highest BCUT2D eigenvalue weighted by Gasteiger charge is 2.31. The van der Waals surface area contributed by atoms with Crippen molar-refractivity contribution in [1.82, 2.24) is 10.9 Å². The molecule has 1 fully saturated rings.